The van der Waals surface area contributed by atoms with Crippen LogP contribution in [-0.2, 0) is 9.53 Å². The van der Waals surface area contributed by atoms with Crippen molar-refractivity contribution in [3.63, 3.8) is 0 Å². The Morgan fingerprint density at radius 2 is 2.04 bits per heavy atom. The van der Waals surface area contributed by atoms with Crippen molar-refractivity contribution < 1.29 is 9.53 Å². The number of morpholine rings is 1. The highest BCUT2D eigenvalue weighted by atomic mass is 16.5. The fourth-order valence-corrected chi connectivity index (χ4v) is 6.34. The van der Waals surface area contributed by atoms with E-state index in [9.17, 15) is 4.79 Å². The van der Waals surface area contributed by atoms with Gasteiger partial charge >= 0.3 is 0 Å². The van der Waals surface area contributed by atoms with Gasteiger partial charge < -0.3 is 15.0 Å². The van der Waals surface area contributed by atoms with Gasteiger partial charge in [-0.25, -0.2) is 0 Å². The molecule has 5 heteroatoms. The zero-order chi connectivity index (χ0) is 18.3. The van der Waals surface area contributed by atoms with Gasteiger partial charge in [0.25, 0.3) is 0 Å². The first-order chi connectivity index (χ1) is 12.5. The minimum atomic E-state index is 0.218. The molecule has 148 valence electrons. The molecule has 0 aromatic heterocycles. The molecule has 1 N–H and O–H groups in total. The van der Waals surface area contributed by atoms with Gasteiger partial charge in [0.05, 0.1) is 19.3 Å². The molecule has 4 fully saturated rings. The average Bonchev–Trinajstić information content (AvgIpc) is 3.24. The van der Waals surface area contributed by atoms with Crippen molar-refractivity contribution in [1.29, 1.82) is 0 Å². The first kappa shape index (κ1) is 18.7. The molecule has 0 spiro atoms. The number of nitrogens with zero attached hydrogens (tertiary/aromatic N) is 2. The van der Waals surface area contributed by atoms with Crippen LogP contribution in [0.5, 0.6) is 0 Å². The first-order valence-electron chi connectivity index (χ1n) is 10.8. The molecule has 7 atom stereocenters. The Bertz CT molecular complexity index is 511. The van der Waals surface area contributed by atoms with Gasteiger partial charge in [0, 0.05) is 24.7 Å². The van der Waals surface area contributed by atoms with Crippen LogP contribution >= 0.6 is 0 Å². The molecular weight excluding hydrogens is 326 g/mol. The van der Waals surface area contributed by atoms with E-state index in [2.05, 4.69) is 36.1 Å². The quantitative estimate of drug-likeness (QED) is 0.813. The average molecular weight is 364 g/mol. The van der Waals surface area contributed by atoms with E-state index in [1.54, 1.807) is 0 Å². The molecule has 0 radical (unpaired) electrons. The Kier molecular flexibility index (Phi) is 5.58. The molecule has 26 heavy (non-hydrogen) atoms. The molecule has 4 rings (SSSR count). The topological polar surface area (TPSA) is 44.8 Å². The summed E-state index contributed by atoms with van der Waals surface area (Å²) in [6, 6.07) is 1.37. The molecule has 1 saturated heterocycles. The molecule has 4 aliphatic rings. The van der Waals surface area contributed by atoms with Crippen LogP contribution in [0.4, 0.5) is 0 Å². The minimum absolute atomic E-state index is 0.218. The molecule has 0 unspecified atom stereocenters. The summed E-state index contributed by atoms with van der Waals surface area (Å²) in [6.07, 6.45) is 9.28. The summed E-state index contributed by atoms with van der Waals surface area (Å²) in [5, 5.41) is 3.35. The van der Waals surface area contributed by atoms with Gasteiger partial charge in [0.1, 0.15) is 0 Å². The number of hydrogen-bond acceptors (Lipinski definition) is 4. The standard InChI is InChI=1S/C21H37N3O2/c1-14(18-11-15-4-5-16(18)10-15)22-21(25)13-24-8-9-26-20-12-17(23(2)3)6-7-19(20)24/h14-20H,4-13H2,1-3H3,(H,22,25)/t14-,15-,16-,17+,18+,19+,20+/m0/s1. The minimum Gasteiger partial charge on any atom is -0.375 e. The molecule has 2 bridgehead atoms. The summed E-state index contributed by atoms with van der Waals surface area (Å²) in [6.45, 7) is 4.43. The molecule has 3 saturated carbocycles. The molecule has 0 aromatic rings. The smallest absolute Gasteiger partial charge is 0.234 e. The lowest BCUT2D eigenvalue weighted by molar-refractivity contribution is -0.132. The summed E-state index contributed by atoms with van der Waals surface area (Å²) >= 11 is 0. The van der Waals surface area contributed by atoms with E-state index in [0.29, 0.717) is 36.7 Å². The van der Waals surface area contributed by atoms with Crippen molar-refractivity contribution in [2.45, 2.75) is 76.1 Å². The SMILES string of the molecule is C[C@H](NC(=O)CN1CCO[C@@H]2C[C@H](N(C)C)CC[C@H]21)[C@H]1C[C@H]2CC[C@H]1C2. The van der Waals surface area contributed by atoms with Gasteiger partial charge in [-0.1, -0.05) is 6.42 Å². The molecule has 1 heterocycles. The number of hydrogen-bond donors (Lipinski definition) is 1. The van der Waals surface area contributed by atoms with Crippen molar-refractivity contribution >= 4 is 5.91 Å². The summed E-state index contributed by atoms with van der Waals surface area (Å²) < 4.78 is 6.07. The maximum Gasteiger partial charge on any atom is 0.234 e. The molecule has 0 aromatic carbocycles. The van der Waals surface area contributed by atoms with E-state index in [1.165, 1.54) is 32.1 Å². The number of amides is 1. The molecule has 1 aliphatic heterocycles. The number of carbonyl (C=O) groups is 1. The normalized spacial score (nSPS) is 41.2. The third-order valence-corrected chi connectivity index (χ3v) is 7.81. The lowest BCUT2D eigenvalue weighted by atomic mass is 9.84. The van der Waals surface area contributed by atoms with Gasteiger partial charge in [-0.3, -0.25) is 9.69 Å². The highest BCUT2D eigenvalue weighted by Crippen LogP contribution is 2.49. The number of fused-ring (bicyclic) bond motifs is 3. The van der Waals surface area contributed by atoms with Crippen LogP contribution in [-0.4, -0.2) is 73.7 Å². The van der Waals surface area contributed by atoms with E-state index >= 15 is 0 Å². The number of nitrogens with one attached hydrogen (secondary N) is 1. The van der Waals surface area contributed by atoms with Gasteiger partial charge in [0.2, 0.25) is 5.91 Å². The van der Waals surface area contributed by atoms with Crippen LogP contribution in [0.2, 0.25) is 0 Å². The van der Waals surface area contributed by atoms with Crippen LogP contribution in [0.1, 0.15) is 51.9 Å². The van der Waals surface area contributed by atoms with Gasteiger partial charge in [-0.05, 0) is 77.3 Å². The predicted molar refractivity (Wildman–Crippen MR) is 103 cm³/mol. The monoisotopic (exact) mass is 363 g/mol. The summed E-state index contributed by atoms with van der Waals surface area (Å²) in [5.41, 5.74) is 0. The van der Waals surface area contributed by atoms with Crippen molar-refractivity contribution in [2.75, 3.05) is 33.8 Å². The summed E-state index contributed by atoms with van der Waals surface area (Å²) in [5.74, 6) is 2.74. The van der Waals surface area contributed by atoms with Crippen LogP contribution in [0.3, 0.4) is 0 Å². The number of carbonyl (C=O) groups excluding carboxylic acids is 1. The van der Waals surface area contributed by atoms with E-state index in [1.807, 2.05) is 0 Å². The fraction of sp³-hybridized carbons (Fsp3) is 0.952. The van der Waals surface area contributed by atoms with E-state index < -0.39 is 0 Å². The zero-order valence-corrected chi connectivity index (χ0v) is 16.8. The van der Waals surface area contributed by atoms with E-state index in [0.717, 1.165) is 37.8 Å². The first-order valence-corrected chi connectivity index (χ1v) is 10.8. The van der Waals surface area contributed by atoms with Crippen molar-refractivity contribution in [2.24, 2.45) is 17.8 Å². The predicted octanol–water partition coefficient (Wildman–Crippen LogP) is 2.11. The number of ether oxygens (including phenoxy) is 1. The van der Waals surface area contributed by atoms with Gasteiger partial charge in [-0.15, -0.1) is 0 Å². The molecular formula is C21H37N3O2. The second kappa shape index (κ2) is 7.76. The Morgan fingerprint density at radius 3 is 2.73 bits per heavy atom. The third-order valence-electron chi connectivity index (χ3n) is 7.81. The molecule has 5 nitrogen and oxygen atoms in total. The Hall–Kier alpha value is -0.650. The zero-order valence-electron chi connectivity index (χ0n) is 16.8. The number of rotatable bonds is 5. The van der Waals surface area contributed by atoms with Crippen molar-refractivity contribution in [1.82, 2.24) is 15.1 Å². The summed E-state index contributed by atoms with van der Waals surface area (Å²) in [4.78, 5) is 17.4. The fourth-order valence-electron chi connectivity index (χ4n) is 6.34. The Morgan fingerprint density at radius 1 is 1.19 bits per heavy atom. The lowest BCUT2D eigenvalue weighted by Crippen LogP contribution is -2.58. The molecule has 1 amide bonds. The maximum atomic E-state index is 12.7. The Balaban J connectivity index is 1.28. The highest BCUT2D eigenvalue weighted by molar-refractivity contribution is 5.78. The van der Waals surface area contributed by atoms with E-state index in [4.69, 9.17) is 4.74 Å². The van der Waals surface area contributed by atoms with Crippen LogP contribution in [0, 0.1) is 17.8 Å². The third kappa shape index (κ3) is 3.81. The second-order valence-corrected chi connectivity index (χ2v) is 9.57. The lowest BCUT2D eigenvalue weighted by Gasteiger charge is -2.46. The van der Waals surface area contributed by atoms with Crippen molar-refractivity contribution in [3.8, 4) is 0 Å². The van der Waals surface area contributed by atoms with Crippen molar-refractivity contribution in [3.05, 3.63) is 0 Å². The van der Waals surface area contributed by atoms with Crippen LogP contribution < -0.4 is 5.32 Å². The maximum absolute atomic E-state index is 12.7. The largest absolute Gasteiger partial charge is 0.375 e. The molecule has 3 aliphatic carbocycles. The second-order valence-electron chi connectivity index (χ2n) is 9.57. The highest BCUT2D eigenvalue weighted by Gasteiger charge is 2.43. The Labute approximate surface area is 158 Å². The van der Waals surface area contributed by atoms with Gasteiger partial charge in [-0.2, -0.15) is 0 Å². The van der Waals surface area contributed by atoms with Gasteiger partial charge in [0.15, 0.2) is 0 Å². The van der Waals surface area contributed by atoms with Crippen LogP contribution in [0.15, 0.2) is 0 Å². The van der Waals surface area contributed by atoms with Crippen LogP contribution in [0.25, 0.3) is 0 Å². The summed E-state index contributed by atoms with van der Waals surface area (Å²) in [7, 11) is 4.33. The van der Waals surface area contributed by atoms with E-state index in [-0.39, 0.29) is 5.91 Å².